The van der Waals surface area contributed by atoms with Crippen molar-refractivity contribution in [2.75, 3.05) is 0 Å². The van der Waals surface area contributed by atoms with Crippen LogP contribution in [0.5, 0.6) is 0 Å². The number of amides is 1. The van der Waals surface area contributed by atoms with Crippen molar-refractivity contribution in [1.29, 1.82) is 0 Å². The molecule has 1 aromatic heterocycles. The molecule has 0 aliphatic carbocycles. The molecule has 12 heteroatoms. The summed E-state index contributed by atoms with van der Waals surface area (Å²) in [5.41, 5.74) is 1.11. The molecule has 1 aromatic carbocycles. The van der Waals surface area contributed by atoms with Gasteiger partial charge in [0, 0.05) is 12.3 Å². The van der Waals surface area contributed by atoms with Crippen LogP contribution < -0.4 is 10.3 Å². The number of nitro groups is 1. The number of hydrazine groups is 1. The lowest BCUT2D eigenvalue weighted by atomic mass is 10.2. The minimum Gasteiger partial charge on any atom is -0.273 e. The van der Waals surface area contributed by atoms with E-state index in [4.69, 9.17) is 23.2 Å². The molecule has 0 fully saturated rings. The van der Waals surface area contributed by atoms with E-state index in [1.165, 1.54) is 18.2 Å². The molecule has 0 bridgehead atoms. The minimum atomic E-state index is -4.19. The molecule has 0 aliphatic rings. The maximum absolute atomic E-state index is 12.0. The fourth-order valence-corrected chi connectivity index (χ4v) is 2.76. The highest BCUT2D eigenvalue weighted by Gasteiger charge is 2.22. The van der Waals surface area contributed by atoms with E-state index in [2.05, 4.69) is 4.98 Å². The highest BCUT2D eigenvalue weighted by molar-refractivity contribution is 7.89. The van der Waals surface area contributed by atoms with Gasteiger partial charge in [0.25, 0.3) is 21.6 Å². The van der Waals surface area contributed by atoms with Crippen molar-refractivity contribution in [2.45, 2.75) is 4.90 Å². The van der Waals surface area contributed by atoms with Gasteiger partial charge in [-0.3, -0.25) is 20.3 Å². The molecule has 2 N–H and O–H groups in total. The van der Waals surface area contributed by atoms with Crippen molar-refractivity contribution in [1.82, 2.24) is 15.2 Å². The molecule has 0 saturated carbocycles. The second kappa shape index (κ2) is 7.09. The molecule has 0 unspecified atom stereocenters. The van der Waals surface area contributed by atoms with Gasteiger partial charge >= 0.3 is 0 Å². The quantitative estimate of drug-likeness (QED) is 0.455. The highest BCUT2D eigenvalue weighted by Crippen LogP contribution is 2.22. The molecule has 9 nitrogen and oxygen atoms in total. The number of nitrogens with zero attached hydrogens (tertiary/aromatic N) is 2. The van der Waals surface area contributed by atoms with Gasteiger partial charge in [0.05, 0.1) is 9.95 Å². The molecule has 24 heavy (non-hydrogen) atoms. The van der Waals surface area contributed by atoms with Gasteiger partial charge in [-0.15, -0.1) is 4.83 Å². The number of para-hydroxylation sites is 1. The predicted molar refractivity (Wildman–Crippen MR) is 85.1 cm³/mol. The van der Waals surface area contributed by atoms with Gasteiger partial charge in [-0.25, -0.2) is 13.4 Å². The SMILES string of the molecule is O=C(NNS(=O)(=O)c1cnc(Cl)c(Cl)c1)c1ccccc1[N+](=O)[O-]. The Labute approximate surface area is 145 Å². The standard InChI is InChI=1S/C12H8Cl2N4O5S/c13-9-5-7(6-15-11(9)14)24(22,23)17-16-12(19)8-3-1-2-4-10(8)18(20)21/h1-6,17H,(H,16,19). The second-order valence-electron chi connectivity index (χ2n) is 4.28. The van der Waals surface area contributed by atoms with Crippen molar-refractivity contribution in [3.05, 3.63) is 62.4 Å². The molecule has 0 atom stereocenters. The van der Waals surface area contributed by atoms with Crippen LogP contribution in [0.1, 0.15) is 10.4 Å². The van der Waals surface area contributed by atoms with Gasteiger partial charge in [0.15, 0.2) is 0 Å². The number of halogens is 2. The Kier molecular flexibility index (Phi) is 5.34. The molecular formula is C12H8Cl2N4O5S. The van der Waals surface area contributed by atoms with Gasteiger partial charge in [0.2, 0.25) is 0 Å². The number of pyridine rings is 1. The maximum Gasteiger partial charge on any atom is 0.282 e. The summed E-state index contributed by atoms with van der Waals surface area (Å²) in [6, 6.07) is 6.12. The molecule has 0 radical (unpaired) electrons. The molecular weight excluding hydrogens is 383 g/mol. The molecule has 2 aromatic rings. The van der Waals surface area contributed by atoms with Crippen LogP contribution >= 0.6 is 23.2 Å². The van der Waals surface area contributed by atoms with Crippen molar-refractivity contribution in [3.63, 3.8) is 0 Å². The smallest absolute Gasteiger partial charge is 0.273 e. The first-order valence-electron chi connectivity index (χ1n) is 6.09. The Bertz CT molecular complexity index is 919. The number of sulfonamides is 1. The van der Waals surface area contributed by atoms with E-state index >= 15 is 0 Å². The number of hydrogen-bond acceptors (Lipinski definition) is 6. The summed E-state index contributed by atoms with van der Waals surface area (Å²) in [5, 5.41) is 10.7. The number of nitrogens with one attached hydrogen (secondary N) is 2. The van der Waals surface area contributed by atoms with Crippen molar-refractivity contribution in [3.8, 4) is 0 Å². The van der Waals surface area contributed by atoms with Crippen molar-refractivity contribution >= 4 is 44.8 Å². The summed E-state index contributed by atoms with van der Waals surface area (Å²) in [5.74, 6) is -1.00. The van der Waals surface area contributed by atoms with Gasteiger partial charge in [0.1, 0.15) is 15.6 Å². The van der Waals surface area contributed by atoms with Gasteiger partial charge < -0.3 is 0 Å². The average Bonchev–Trinajstić information content (AvgIpc) is 2.55. The van der Waals surface area contributed by atoms with Gasteiger partial charge in [-0.05, 0) is 12.1 Å². The van der Waals surface area contributed by atoms with Gasteiger partial charge in [-0.2, -0.15) is 0 Å². The summed E-state index contributed by atoms with van der Waals surface area (Å²) >= 11 is 11.3. The Morgan fingerprint density at radius 1 is 1.25 bits per heavy atom. The second-order valence-corrected chi connectivity index (χ2v) is 6.73. The topological polar surface area (TPSA) is 131 Å². The minimum absolute atomic E-state index is 0.0837. The van der Waals surface area contributed by atoms with Crippen LogP contribution in [0.2, 0.25) is 10.2 Å². The van der Waals surface area contributed by atoms with Crippen LogP contribution in [-0.2, 0) is 10.0 Å². The predicted octanol–water partition coefficient (Wildman–Crippen LogP) is 1.92. The maximum atomic E-state index is 12.0. The van der Waals surface area contributed by atoms with Crippen molar-refractivity contribution < 1.29 is 18.1 Å². The summed E-state index contributed by atoms with van der Waals surface area (Å²) < 4.78 is 24.1. The van der Waals surface area contributed by atoms with E-state index in [1.807, 2.05) is 5.43 Å². The molecule has 1 amide bonds. The first kappa shape index (κ1) is 18.1. The lowest BCUT2D eigenvalue weighted by Crippen LogP contribution is -2.41. The fraction of sp³-hybridized carbons (Fsp3) is 0. The summed E-state index contributed by atoms with van der Waals surface area (Å²) in [6.45, 7) is 0. The number of hydrogen-bond donors (Lipinski definition) is 2. The Morgan fingerprint density at radius 3 is 2.54 bits per heavy atom. The first-order chi connectivity index (χ1) is 11.2. The Hall–Kier alpha value is -2.27. The van der Waals surface area contributed by atoms with Crippen molar-refractivity contribution in [2.24, 2.45) is 0 Å². The zero-order chi connectivity index (χ0) is 17.9. The van der Waals surface area contributed by atoms with Crippen LogP contribution in [0.3, 0.4) is 0 Å². The zero-order valence-corrected chi connectivity index (χ0v) is 13.9. The third kappa shape index (κ3) is 3.97. The van der Waals surface area contributed by atoms with E-state index in [1.54, 1.807) is 4.83 Å². The van der Waals surface area contributed by atoms with E-state index in [0.29, 0.717) is 0 Å². The van der Waals surface area contributed by atoms with Crippen LogP contribution in [0.25, 0.3) is 0 Å². The number of benzene rings is 1. The van der Waals surface area contributed by atoms with E-state index in [0.717, 1.165) is 18.3 Å². The largest absolute Gasteiger partial charge is 0.282 e. The molecule has 0 spiro atoms. The lowest BCUT2D eigenvalue weighted by Gasteiger charge is -2.09. The van der Waals surface area contributed by atoms with E-state index in [9.17, 15) is 23.3 Å². The number of rotatable bonds is 5. The molecule has 2 rings (SSSR count). The molecule has 1 heterocycles. The molecule has 126 valence electrons. The third-order valence-electron chi connectivity index (χ3n) is 2.73. The number of nitro benzene ring substituents is 1. The average molecular weight is 391 g/mol. The molecule has 0 saturated heterocycles. The normalized spacial score (nSPS) is 11.1. The highest BCUT2D eigenvalue weighted by atomic mass is 35.5. The third-order valence-corrected chi connectivity index (χ3v) is 4.63. The van der Waals surface area contributed by atoms with E-state index in [-0.39, 0.29) is 20.6 Å². The summed E-state index contributed by atoms with van der Waals surface area (Å²) in [7, 11) is -4.19. The lowest BCUT2D eigenvalue weighted by molar-refractivity contribution is -0.385. The number of carbonyl (C=O) groups excluding carboxylic acids is 1. The molecule has 0 aliphatic heterocycles. The van der Waals surface area contributed by atoms with Crippen LogP contribution in [0.4, 0.5) is 5.69 Å². The van der Waals surface area contributed by atoms with Crippen LogP contribution in [-0.4, -0.2) is 24.2 Å². The zero-order valence-electron chi connectivity index (χ0n) is 11.6. The monoisotopic (exact) mass is 390 g/mol. The number of aromatic nitrogens is 1. The van der Waals surface area contributed by atoms with E-state index < -0.39 is 26.5 Å². The summed E-state index contributed by atoms with van der Waals surface area (Å²) in [6.07, 6.45) is 0.938. The van der Waals surface area contributed by atoms with Crippen LogP contribution in [0, 0.1) is 10.1 Å². The van der Waals surface area contributed by atoms with Gasteiger partial charge in [-0.1, -0.05) is 35.3 Å². The fourth-order valence-electron chi connectivity index (χ4n) is 1.62. The first-order valence-corrected chi connectivity index (χ1v) is 8.33. The Balaban J connectivity index is 2.19. The van der Waals surface area contributed by atoms with Crippen LogP contribution in [0.15, 0.2) is 41.4 Å². The summed E-state index contributed by atoms with van der Waals surface area (Å²) in [4.78, 5) is 27.1. The number of carbonyl (C=O) groups is 1. The Morgan fingerprint density at radius 2 is 1.92 bits per heavy atom.